The number of aryl methyl sites for hydroxylation is 1. The van der Waals surface area contributed by atoms with Crippen LogP contribution >= 0.6 is 12.2 Å². The summed E-state index contributed by atoms with van der Waals surface area (Å²) in [7, 11) is 0. The number of nitrogens with one attached hydrogen (secondary N) is 1. The number of anilines is 2. The fourth-order valence-corrected chi connectivity index (χ4v) is 1.79. The van der Waals surface area contributed by atoms with E-state index >= 15 is 0 Å². The summed E-state index contributed by atoms with van der Waals surface area (Å²) in [6.07, 6.45) is 2.92. The van der Waals surface area contributed by atoms with E-state index in [2.05, 4.69) is 10.3 Å². The van der Waals surface area contributed by atoms with E-state index in [-0.39, 0.29) is 10.7 Å². The summed E-state index contributed by atoms with van der Waals surface area (Å²) >= 11 is 4.88. The zero-order chi connectivity index (χ0) is 14.0. The van der Waals surface area contributed by atoms with Gasteiger partial charge in [-0.2, -0.15) is 0 Å². The molecule has 0 saturated carbocycles. The molecule has 6 heteroatoms. The van der Waals surface area contributed by atoms with E-state index < -0.39 is 11.6 Å². The fraction of sp³-hybridized carbons (Fsp3) is 0.0769. The fourth-order valence-electron chi connectivity index (χ4n) is 1.61. The standard InChI is InChI=1S/C13H11F2N3S/c1-7-2-3-9(14)12(11(7)15)18-10-6-17-5-4-8(10)13(16)19/h2-6,18H,1H3,(H2,16,19). The topological polar surface area (TPSA) is 50.9 Å². The first-order valence-electron chi connectivity index (χ1n) is 5.46. The van der Waals surface area contributed by atoms with Crippen LogP contribution < -0.4 is 11.1 Å². The Morgan fingerprint density at radius 1 is 1.32 bits per heavy atom. The van der Waals surface area contributed by atoms with Crippen LogP contribution in [0.5, 0.6) is 0 Å². The van der Waals surface area contributed by atoms with Gasteiger partial charge in [0.25, 0.3) is 0 Å². The maximum atomic E-state index is 13.9. The van der Waals surface area contributed by atoms with Crippen LogP contribution in [0.4, 0.5) is 20.2 Å². The molecule has 3 N–H and O–H groups in total. The Morgan fingerprint density at radius 2 is 2.05 bits per heavy atom. The van der Waals surface area contributed by atoms with Gasteiger partial charge in [-0.25, -0.2) is 8.78 Å². The highest BCUT2D eigenvalue weighted by atomic mass is 32.1. The zero-order valence-electron chi connectivity index (χ0n) is 10.1. The molecule has 0 unspecified atom stereocenters. The molecule has 0 atom stereocenters. The van der Waals surface area contributed by atoms with Gasteiger partial charge in [-0.05, 0) is 24.6 Å². The summed E-state index contributed by atoms with van der Waals surface area (Å²) in [6.45, 7) is 1.55. The number of pyridine rings is 1. The van der Waals surface area contributed by atoms with Crippen LogP contribution in [0.15, 0.2) is 30.6 Å². The largest absolute Gasteiger partial charge is 0.389 e. The Morgan fingerprint density at radius 3 is 2.74 bits per heavy atom. The van der Waals surface area contributed by atoms with Crippen LogP contribution in [0, 0.1) is 18.6 Å². The van der Waals surface area contributed by atoms with Crippen LogP contribution in [0.25, 0.3) is 0 Å². The number of thiocarbonyl (C=S) groups is 1. The monoisotopic (exact) mass is 279 g/mol. The lowest BCUT2D eigenvalue weighted by molar-refractivity contribution is 0.585. The third kappa shape index (κ3) is 2.68. The van der Waals surface area contributed by atoms with E-state index in [1.54, 1.807) is 13.0 Å². The highest BCUT2D eigenvalue weighted by Gasteiger charge is 2.14. The summed E-state index contributed by atoms with van der Waals surface area (Å²) < 4.78 is 27.6. The Kier molecular flexibility index (Phi) is 3.71. The minimum absolute atomic E-state index is 0.123. The molecule has 2 aromatic rings. The number of rotatable bonds is 3. The van der Waals surface area contributed by atoms with Crippen molar-refractivity contribution in [2.75, 3.05) is 5.32 Å². The smallest absolute Gasteiger partial charge is 0.152 e. The summed E-state index contributed by atoms with van der Waals surface area (Å²) in [4.78, 5) is 4.01. The van der Waals surface area contributed by atoms with E-state index in [1.807, 2.05) is 0 Å². The predicted molar refractivity (Wildman–Crippen MR) is 74.5 cm³/mol. The van der Waals surface area contributed by atoms with Crippen molar-refractivity contribution < 1.29 is 8.78 Å². The van der Waals surface area contributed by atoms with Crippen LogP contribution in [0.3, 0.4) is 0 Å². The molecule has 2 rings (SSSR count). The number of halogens is 2. The summed E-state index contributed by atoms with van der Waals surface area (Å²) in [5.74, 6) is -1.35. The van der Waals surface area contributed by atoms with E-state index in [0.29, 0.717) is 16.8 Å². The lowest BCUT2D eigenvalue weighted by atomic mass is 10.1. The first-order valence-corrected chi connectivity index (χ1v) is 5.87. The van der Waals surface area contributed by atoms with E-state index in [1.165, 1.54) is 24.5 Å². The molecule has 98 valence electrons. The number of hydrogen-bond acceptors (Lipinski definition) is 3. The normalized spacial score (nSPS) is 10.3. The highest BCUT2D eigenvalue weighted by molar-refractivity contribution is 7.80. The molecule has 0 aliphatic heterocycles. The van der Waals surface area contributed by atoms with Gasteiger partial charge in [0.15, 0.2) is 5.82 Å². The van der Waals surface area contributed by atoms with Gasteiger partial charge in [0.1, 0.15) is 16.5 Å². The van der Waals surface area contributed by atoms with Crippen LogP contribution in [0.1, 0.15) is 11.1 Å². The molecular formula is C13H11F2N3S. The van der Waals surface area contributed by atoms with Crippen molar-refractivity contribution in [1.82, 2.24) is 4.98 Å². The summed E-state index contributed by atoms with van der Waals surface area (Å²) in [6, 6.07) is 4.14. The van der Waals surface area contributed by atoms with Crippen molar-refractivity contribution in [2.24, 2.45) is 5.73 Å². The van der Waals surface area contributed by atoms with Gasteiger partial charge in [0, 0.05) is 11.8 Å². The van der Waals surface area contributed by atoms with Gasteiger partial charge in [0.05, 0.1) is 11.9 Å². The Labute approximate surface area is 114 Å². The van der Waals surface area contributed by atoms with Gasteiger partial charge in [-0.3, -0.25) is 4.98 Å². The third-order valence-corrected chi connectivity index (χ3v) is 2.85. The van der Waals surface area contributed by atoms with Crippen molar-refractivity contribution in [1.29, 1.82) is 0 Å². The minimum atomic E-state index is -0.694. The van der Waals surface area contributed by atoms with E-state index in [9.17, 15) is 8.78 Å². The molecular weight excluding hydrogens is 268 g/mol. The van der Waals surface area contributed by atoms with Gasteiger partial charge >= 0.3 is 0 Å². The molecule has 0 saturated heterocycles. The second-order valence-corrected chi connectivity index (χ2v) is 4.40. The first-order chi connectivity index (χ1) is 9.00. The zero-order valence-corrected chi connectivity index (χ0v) is 10.9. The number of nitrogens with two attached hydrogens (primary N) is 1. The van der Waals surface area contributed by atoms with Gasteiger partial charge in [0.2, 0.25) is 0 Å². The third-order valence-electron chi connectivity index (χ3n) is 2.63. The minimum Gasteiger partial charge on any atom is -0.389 e. The van der Waals surface area contributed by atoms with Gasteiger partial charge in [-0.15, -0.1) is 0 Å². The average molecular weight is 279 g/mol. The average Bonchev–Trinajstić information content (AvgIpc) is 2.39. The Hall–Kier alpha value is -2.08. The van der Waals surface area contributed by atoms with Crippen LogP contribution in [-0.4, -0.2) is 9.97 Å². The Balaban J connectivity index is 2.48. The first kappa shape index (κ1) is 13.4. The highest BCUT2D eigenvalue weighted by Crippen LogP contribution is 2.26. The van der Waals surface area contributed by atoms with E-state index in [4.69, 9.17) is 18.0 Å². The Bertz CT molecular complexity index is 644. The molecule has 1 heterocycles. The van der Waals surface area contributed by atoms with Crippen molar-refractivity contribution in [2.45, 2.75) is 6.92 Å². The molecule has 0 spiro atoms. The molecule has 1 aromatic heterocycles. The summed E-state index contributed by atoms with van der Waals surface area (Å²) in [5, 5.41) is 2.65. The molecule has 0 fully saturated rings. The maximum absolute atomic E-state index is 13.9. The molecule has 19 heavy (non-hydrogen) atoms. The second-order valence-electron chi connectivity index (χ2n) is 3.96. The quantitative estimate of drug-likeness (QED) is 0.848. The number of aromatic nitrogens is 1. The SMILES string of the molecule is Cc1ccc(F)c(Nc2cnccc2C(N)=S)c1F. The number of benzene rings is 1. The van der Waals surface area contributed by atoms with Crippen LogP contribution in [0.2, 0.25) is 0 Å². The van der Waals surface area contributed by atoms with Crippen molar-refractivity contribution in [3.63, 3.8) is 0 Å². The molecule has 0 amide bonds. The lowest BCUT2D eigenvalue weighted by Gasteiger charge is -2.13. The lowest BCUT2D eigenvalue weighted by Crippen LogP contribution is -2.13. The van der Waals surface area contributed by atoms with Gasteiger partial charge in [-0.1, -0.05) is 18.3 Å². The summed E-state index contributed by atoms with van der Waals surface area (Å²) in [5.41, 5.74) is 6.48. The second kappa shape index (κ2) is 5.27. The predicted octanol–water partition coefficient (Wildman–Crippen LogP) is 3.05. The molecule has 0 bridgehead atoms. The molecule has 0 aliphatic rings. The molecule has 0 aliphatic carbocycles. The van der Waals surface area contributed by atoms with Gasteiger partial charge < -0.3 is 11.1 Å². The molecule has 3 nitrogen and oxygen atoms in total. The van der Waals surface area contributed by atoms with Crippen molar-refractivity contribution in [3.05, 3.63) is 53.4 Å². The molecule has 0 radical (unpaired) electrons. The van der Waals surface area contributed by atoms with Crippen LogP contribution in [-0.2, 0) is 0 Å². The van der Waals surface area contributed by atoms with Crippen molar-refractivity contribution in [3.8, 4) is 0 Å². The molecule has 1 aromatic carbocycles. The van der Waals surface area contributed by atoms with Crippen molar-refractivity contribution >= 4 is 28.6 Å². The number of nitrogens with zero attached hydrogens (tertiary/aromatic N) is 1. The van der Waals surface area contributed by atoms with E-state index in [0.717, 1.165) is 0 Å². The number of hydrogen-bond donors (Lipinski definition) is 2. The maximum Gasteiger partial charge on any atom is 0.152 e.